The van der Waals surface area contributed by atoms with E-state index in [0.717, 1.165) is 16.4 Å². The first-order valence-corrected chi connectivity index (χ1v) is 5.20. The van der Waals surface area contributed by atoms with Gasteiger partial charge in [0.05, 0.1) is 27.2 Å². The Labute approximate surface area is 78.4 Å². The molecular formula is C11H26N+. The van der Waals surface area contributed by atoms with E-state index in [2.05, 4.69) is 41.9 Å². The summed E-state index contributed by atoms with van der Waals surface area (Å²) in [5.41, 5.74) is 0. The van der Waals surface area contributed by atoms with Gasteiger partial charge in [-0.15, -0.1) is 0 Å². The van der Waals surface area contributed by atoms with Crippen LogP contribution < -0.4 is 0 Å². The van der Waals surface area contributed by atoms with E-state index >= 15 is 0 Å². The fraction of sp³-hybridized carbons (Fsp3) is 1.00. The summed E-state index contributed by atoms with van der Waals surface area (Å²) in [5.74, 6) is 0.852. The predicted molar refractivity (Wildman–Crippen MR) is 56.2 cm³/mol. The highest BCUT2D eigenvalue weighted by molar-refractivity contribution is 4.60. The molecule has 0 rings (SSSR count). The number of nitrogens with zero attached hydrogens (tertiary/aromatic N) is 1. The largest absolute Gasteiger partial charge is 0.328 e. The Balaban J connectivity index is 3.84. The minimum Gasteiger partial charge on any atom is -0.328 e. The van der Waals surface area contributed by atoms with E-state index in [1.807, 2.05) is 0 Å². The maximum atomic E-state index is 2.38. The summed E-state index contributed by atoms with van der Waals surface area (Å²) < 4.78 is 1.09. The molecule has 74 valence electrons. The molecule has 1 heteroatoms. The van der Waals surface area contributed by atoms with Gasteiger partial charge in [0.25, 0.3) is 0 Å². The van der Waals surface area contributed by atoms with E-state index in [1.165, 1.54) is 19.3 Å². The molecule has 0 bridgehead atoms. The third-order valence-corrected chi connectivity index (χ3v) is 3.06. The zero-order valence-electron chi connectivity index (χ0n) is 9.72. The van der Waals surface area contributed by atoms with E-state index in [9.17, 15) is 0 Å². The second-order valence-electron chi connectivity index (χ2n) is 4.98. The molecule has 0 fully saturated rings. The van der Waals surface area contributed by atoms with Crippen molar-refractivity contribution in [3.8, 4) is 0 Å². The van der Waals surface area contributed by atoms with Crippen LogP contribution in [0, 0.1) is 5.92 Å². The van der Waals surface area contributed by atoms with Crippen molar-refractivity contribution in [3.63, 3.8) is 0 Å². The summed E-state index contributed by atoms with van der Waals surface area (Å²) in [7, 11) is 6.85. The minimum atomic E-state index is 0.775. The lowest BCUT2D eigenvalue weighted by atomic mass is 9.95. The Hall–Kier alpha value is -0.0400. The van der Waals surface area contributed by atoms with Crippen molar-refractivity contribution in [1.82, 2.24) is 0 Å². The lowest BCUT2D eigenvalue weighted by Crippen LogP contribution is -2.46. The van der Waals surface area contributed by atoms with Gasteiger partial charge in [0.15, 0.2) is 0 Å². The van der Waals surface area contributed by atoms with Crippen molar-refractivity contribution in [2.45, 2.75) is 46.1 Å². The van der Waals surface area contributed by atoms with Gasteiger partial charge in [-0.1, -0.05) is 26.7 Å². The van der Waals surface area contributed by atoms with Crippen LogP contribution in [0.25, 0.3) is 0 Å². The molecule has 2 atom stereocenters. The van der Waals surface area contributed by atoms with Gasteiger partial charge in [-0.25, -0.2) is 0 Å². The maximum absolute atomic E-state index is 2.38. The minimum absolute atomic E-state index is 0.775. The van der Waals surface area contributed by atoms with Crippen LogP contribution in [0.15, 0.2) is 0 Å². The lowest BCUT2D eigenvalue weighted by molar-refractivity contribution is -0.897. The fourth-order valence-corrected chi connectivity index (χ4v) is 1.53. The molecule has 2 unspecified atom stereocenters. The first-order chi connectivity index (χ1) is 5.39. The molecule has 0 N–H and O–H groups in total. The third-order valence-electron chi connectivity index (χ3n) is 3.06. The van der Waals surface area contributed by atoms with Gasteiger partial charge in [0.2, 0.25) is 0 Å². The quantitative estimate of drug-likeness (QED) is 0.559. The van der Waals surface area contributed by atoms with Gasteiger partial charge in [-0.2, -0.15) is 0 Å². The van der Waals surface area contributed by atoms with Crippen LogP contribution in [0.4, 0.5) is 0 Å². The number of rotatable bonds is 5. The molecule has 0 heterocycles. The zero-order chi connectivity index (χ0) is 9.78. The normalized spacial score (nSPS) is 17.5. The van der Waals surface area contributed by atoms with Crippen LogP contribution in [-0.4, -0.2) is 31.7 Å². The Kier molecular flexibility index (Phi) is 4.84. The van der Waals surface area contributed by atoms with Crippen molar-refractivity contribution < 1.29 is 4.48 Å². The molecule has 0 amide bonds. The van der Waals surface area contributed by atoms with Crippen molar-refractivity contribution >= 4 is 0 Å². The second-order valence-corrected chi connectivity index (χ2v) is 4.98. The van der Waals surface area contributed by atoms with Crippen molar-refractivity contribution in [2.75, 3.05) is 21.1 Å². The third kappa shape index (κ3) is 4.10. The smallest absolute Gasteiger partial charge is 0.0881 e. The van der Waals surface area contributed by atoms with Gasteiger partial charge >= 0.3 is 0 Å². The fourth-order valence-electron chi connectivity index (χ4n) is 1.53. The van der Waals surface area contributed by atoms with E-state index in [4.69, 9.17) is 0 Å². The van der Waals surface area contributed by atoms with Crippen molar-refractivity contribution in [3.05, 3.63) is 0 Å². The summed E-state index contributed by atoms with van der Waals surface area (Å²) in [6.07, 6.45) is 4.09. The lowest BCUT2D eigenvalue weighted by Gasteiger charge is -2.35. The van der Waals surface area contributed by atoms with Crippen LogP contribution in [0.1, 0.15) is 40.0 Å². The van der Waals surface area contributed by atoms with Gasteiger partial charge in [-0.05, 0) is 13.3 Å². The van der Waals surface area contributed by atoms with E-state index < -0.39 is 0 Å². The summed E-state index contributed by atoms with van der Waals surface area (Å²) >= 11 is 0. The van der Waals surface area contributed by atoms with Crippen LogP contribution in [0.2, 0.25) is 0 Å². The Morgan fingerprint density at radius 3 is 1.92 bits per heavy atom. The van der Waals surface area contributed by atoms with Crippen molar-refractivity contribution in [1.29, 1.82) is 0 Å². The van der Waals surface area contributed by atoms with Gasteiger partial charge < -0.3 is 4.48 Å². The molecule has 0 aromatic carbocycles. The first-order valence-electron chi connectivity index (χ1n) is 5.20. The molecule has 12 heavy (non-hydrogen) atoms. The SMILES string of the molecule is CCCCC(C)C(C)[N+](C)(C)C. The van der Waals surface area contributed by atoms with Crippen LogP contribution >= 0.6 is 0 Å². The standard InChI is InChI=1S/C11H26N/c1-7-8-9-10(2)11(3)12(4,5)6/h10-11H,7-9H2,1-6H3/q+1. The Morgan fingerprint density at radius 1 is 1.08 bits per heavy atom. The molecule has 0 aliphatic heterocycles. The molecular weight excluding hydrogens is 146 g/mol. The van der Waals surface area contributed by atoms with Crippen LogP contribution in [0.3, 0.4) is 0 Å². The topological polar surface area (TPSA) is 0 Å². The molecule has 0 aliphatic rings. The van der Waals surface area contributed by atoms with Crippen LogP contribution in [0.5, 0.6) is 0 Å². The summed E-state index contributed by atoms with van der Waals surface area (Å²) in [6, 6.07) is 0.775. The van der Waals surface area contributed by atoms with Gasteiger partial charge in [0.1, 0.15) is 0 Å². The first kappa shape index (κ1) is 12.0. The molecule has 1 nitrogen and oxygen atoms in total. The predicted octanol–water partition coefficient (Wildman–Crippen LogP) is 2.91. The second kappa shape index (κ2) is 4.86. The molecule has 0 aliphatic carbocycles. The zero-order valence-corrected chi connectivity index (χ0v) is 9.72. The molecule has 0 aromatic rings. The summed E-state index contributed by atoms with van der Waals surface area (Å²) in [4.78, 5) is 0. The number of hydrogen-bond donors (Lipinski definition) is 0. The van der Waals surface area contributed by atoms with Crippen LogP contribution in [-0.2, 0) is 0 Å². The highest BCUT2D eigenvalue weighted by atomic mass is 15.3. The van der Waals surface area contributed by atoms with Gasteiger partial charge in [0, 0.05) is 5.92 Å². The summed E-state index contributed by atoms with van der Waals surface area (Å²) in [6.45, 7) is 7.01. The van der Waals surface area contributed by atoms with E-state index in [-0.39, 0.29) is 0 Å². The van der Waals surface area contributed by atoms with Gasteiger partial charge in [-0.3, -0.25) is 0 Å². The maximum Gasteiger partial charge on any atom is 0.0881 e. The molecule has 0 saturated carbocycles. The average molecular weight is 172 g/mol. The van der Waals surface area contributed by atoms with Crippen molar-refractivity contribution in [2.24, 2.45) is 5.92 Å². The highest BCUT2D eigenvalue weighted by Gasteiger charge is 2.23. The summed E-state index contributed by atoms with van der Waals surface area (Å²) in [5, 5.41) is 0. The van der Waals surface area contributed by atoms with E-state index in [0.29, 0.717) is 0 Å². The molecule has 0 saturated heterocycles. The number of hydrogen-bond acceptors (Lipinski definition) is 0. The molecule has 0 aromatic heterocycles. The number of quaternary nitrogens is 1. The average Bonchev–Trinajstić information content (AvgIpc) is 1.97. The molecule has 0 radical (unpaired) electrons. The highest BCUT2D eigenvalue weighted by Crippen LogP contribution is 2.18. The Bertz CT molecular complexity index is 113. The Morgan fingerprint density at radius 2 is 1.58 bits per heavy atom. The number of unbranched alkanes of at least 4 members (excludes halogenated alkanes) is 1. The molecule has 0 spiro atoms. The monoisotopic (exact) mass is 172 g/mol. The van der Waals surface area contributed by atoms with E-state index in [1.54, 1.807) is 0 Å².